The summed E-state index contributed by atoms with van der Waals surface area (Å²) in [5.41, 5.74) is 8.43. The van der Waals surface area contributed by atoms with Crippen LogP contribution >= 0.6 is 0 Å². The monoisotopic (exact) mass is 423 g/mol. The van der Waals surface area contributed by atoms with E-state index in [0.717, 1.165) is 18.8 Å². The molecule has 0 N–H and O–H groups in total. The van der Waals surface area contributed by atoms with Crippen molar-refractivity contribution < 1.29 is 4.74 Å². The highest BCUT2D eigenvalue weighted by atomic mass is 16.5. The van der Waals surface area contributed by atoms with Gasteiger partial charge in [0.15, 0.2) is 0 Å². The first-order valence-corrected chi connectivity index (χ1v) is 12.0. The van der Waals surface area contributed by atoms with Crippen LogP contribution in [0, 0.1) is 12.8 Å². The van der Waals surface area contributed by atoms with Crippen LogP contribution in [0.4, 0.5) is 0 Å². The molecule has 0 bridgehead atoms. The third-order valence-electron chi connectivity index (χ3n) is 7.29. The van der Waals surface area contributed by atoms with Crippen LogP contribution in [0.1, 0.15) is 47.9 Å². The molecule has 2 aliphatic rings. The number of aryl methyl sites for hydroxylation is 1. The highest BCUT2D eigenvalue weighted by Crippen LogP contribution is 2.45. The maximum absolute atomic E-state index is 5.43. The topological polar surface area (TPSA) is 12.5 Å². The van der Waals surface area contributed by atoms with Crippen LogP contribution in [0.15, 0.2) is 84.4 Å². The lowest BCUT2D eigenvalue weighted by atomic mass is 9.79. The number of fused-ring (bicyclic) bond motifs is 1. The number of hydrogen-bond acceptors (Lipinski definition) is 2. The predicted molar refractivity (Wildman–Crippen MR) is 133 cm³/mol. The van der Waals surface area contributed by atoms with Crippen LogP contribution in [-0.4, -0.2) is 24.6 Å². The van der Waals surface area contributed by atoms with Gasteiger partial charge in [0.1, 0.15) is 5.75 Å². The van der Waals surface area contributed by atoms with Crippen molar-refractivity contribution in [3.8, 4) is 5.75 Å². The molecule has 2 atom stereocenters. The molecule has 0 unspecified atom stereocenters. The van der Waals surface area contributed by atoms with Gasteiger partial charge in [0.25, 0.3) is 0 Å². The van der Waals surface area contributed by atoms with Crippen molar-refractivity contribution in [3.63, 3.8) is 0 Å². The number of hydrogen-bond donors (Lipinski definition) is 0. The van der Waals surface area contributed by atoms with Gasteiger partial charge in [-0.15, -0.1) is 0 Å². The van der Waals surface area contributed by atoms with Gasteiger partial charge in [-0.2, -0.15) is 0 Å². The van der Waals surface area contributed by atoms with Crippen molar-refractivity contribution >= 4 is 5.57 Å². The summed E-state index contributed by atoms with van der Waals surface area (Å²) in [4.78, 5) is 2.75. The van der Waals surface area contributed by atoms with Crippen molar-refractivity contribution in [2.75, 3.05) is 13.7 Å². The van der Waals surface area contributed by atoms with Crippen molar-refractivity contribution in [1.82, 2.24) is 4.90 Å². The fourth-order valence-corrected chi connectivity index (χ4v) is 5.67. The smallest absolute Gasteiger partial charge is 0.118 e. The van der Waals surface area contributed by atoms with Gasteiger partial charge < -0.3 is 4.74 Å². The molecule has 0 radical (unpaired) electrons. The Balaban J connectivity index is 1.57. The molecule has 164 valence electrons. The van der Waals surface area contributed by atoms with Gasteiger partial charge in [-0.05, 0) is 65.7 Å². The van der Waals surface area contributed by atoms with E-state index in [1.54, 1.807) is 12.7 Å². The van der Waals surface area contributed by atoms with Gasteiger partial charge in [0.05, 0.1) is 7.11 Å². The van der Waals surface area contributed by atoms with Crippen molar-refractivity contribution in [1.29, 1.82) is 0 Å². The number of likely N-dealkylation sites (tertiary alicyclic amines) is 1. The second kappa shape index (κ2) is 9.34. The quantitative estimate of drug-likeness (QED) is 0.443. The van der Waals surface area contributed by atoms with E-state index in [1.165, 1.54) is 53.5 Å². The Hall–Kier alpha value is -2.84. The van der Waals surface area contributed by atoms with Crippen LogP contribution in [-0.2, 0) is 6.54 Å². The average molecular weight is 424 g/mol. The van der Waals surface area contributed by atoms with E-state index in [2.05, 4.69) is 90.7 Å². The molecular weight excluding hydrogens is 390 g/mol. The maximum atomic E-state index is 5.43. The minimum Gasteiger partial charge on any atom is -0.497 e. The van der Waals surface area contributed by atoms with Crippen LogP contribution in [0.3, 0.4) is 0 Å². The van der Waals surface area contributed by atoms with E-state index in [-0.39, 0.29) is 0 Å². The molecule has 1 saturated heterocycles. The summed E-state index contributed by atoms with van der Waals surface area (Å²) < 4.78 is 5.43. The molecule has 1 heterocycles. The highest BCUT2D eigenvalue weighted by Gasteiger charge is 2.40. The second-order valence-corrected chi connectivity index (χ2v) is 9.34. The number of methoxy groups -OCH3 is 1. The third kappa shape index (κ3) is 4.25. The number of rotatable bonds is 5. The molecular formula is C30H33NO. The fourth-order valence-electron chi connectivity index (χ4n) is 5.67. The standard InChI is InChI=1S/C30H33NO/c1-22-12-14-23(15-13-22)20-31-21-28(27-10-6-7-11-29(27)31)30(24-8-4-3-5-9-24)25-16-18-26(32-2)19-17-25/h3-5,8-9,12-19,27,29H,6-7,10-11,20-21H2,1-2H3/b30-28-/t27-,29+/m0/s1. The summed E-state index contributed by atoms with van der Waals surface area (Å²) in [7, 11) is 1.73. The van der Waals surface area contributed by atoms with E-state index in [1.807, 2.05) is 0 Å². The summed E-state index contributed by atoms with van der Waals surface area (Å²) in [6, 6.07) is 29.4. The highest BCUT2D eigenvalue weighted by molar-refractivity contribution is 5.83. The molecule has 1 aliphatic carbocycles. The molecule has 2 nitrogen and oxygen atoms in total. The Morgan fingerprint density at radius 3 is 2.25 bits per heavy atom. The molecule has 0 aromatic heterocycles. The summed E-state index contributed by atoms with van der Waals surface area (Å²) in [6.45, 7) is 4.26. The third-order valence-corrected chi connectivity index (χ3v) is 7.29. The van der Waals surface area contributed by atoms with Gasteiger partial charge in [-0.25, -0.2) is 0 Å². The molecule has 3 aromatic rings. The Kier molecular flexibility index (Phi) is 6.14. The lowest BCUT2D eigenvalue weighted by Gasteiger charge is -2.31. The molecule has 2 fully saturated rings. The first-order valence-electron chi connectivity index (χ1n) is 12.0. The Morgan fingerprint density at radius 1 is 0.844 bits per heavy atom. The predicted octanol–water partition coefficient (Wildman–Crippen LogP) is 6.88. The summed E-state index contributed by atoms with van der Waals surface area (Å²) in [5, 5.41) is 0. The van der Waals surface area contributed by atoms with Gasteiger partial charge in [0, 0.05) is 19.1 Å². The average Bonchev–Trinajstić information content (AvgIpc) is 3.20. The molecule has 3 aromatic carbocycles. The van der Waals surface area contributed by atoms with E-state index in [0.29, 0.717) is 12.0 Å². The zero-order valence-corrected chi connectivity index (χ0v) is 19.3. The van der Waals surface area contributed by atoms with E-state index in [4.69, 9.17) is 4.74 Å². The molecule has 2 heteroatoms. The number of benzene rings is 3. The second-order valence-electron chi connectivity index (χ2n) is 9.34. The van der Waals surface area contributed by atoms with E-state index in [9.17, 15) is 0 Å². The zero-order valence-electron chi connectivity index (χ0n) is 19.3. The normalized spacial score (nSPS) is 22.4. The van der Waals surface area contributed by atoms with Gasteiger partial charge in [0.2, 0.25) is 0 Å². The zero-order chi connectivity index (χ0) is 21.9. The van der Waals surface area contributed by atoms with Crippen LogP contribution in [0.2, 0.25) is 0 Å². The van der Waals surface area contributed by atoms with E-state index >= 15 is 0 Å². The SMILES string of the molecule is COc1ccc(/C(=C2/CN(Cc3ccc(C)cc3)[C@@H]3CCCC[C@@H]23)c2ccccc2)cc1. The largest absolute Gasteiger partial charge is 0.497 e. The van der Waals surface area contributed by atoms with Crippen LogP contribution in [0.25, 0.3) is 5.57 Å². The molecule has 32 heavy (non-hydrogen) atoms. The van der Waals surface area contributed by atoms with Crippen molar-refractivity contribution in [3.05, 3.63) is 107 Å². The minimum atomic E-state index is 0.645. The van der Waals surface area contributed by atoms with Crippen LogP contribution in [0.5, 0.6) is 5.75 Å². The molecule has 0 spiro atoms. The summed E-state index contributed by atoms with van der Waals surface area (Å²) in [6.07, 6.45) is 5.30. The minimum absolute atomic E-state index is 0.645. The Labute approximate surface area is 192 Å². The molecule has 1 aliphatic heterocycles. The Morgan fingerprint density at radius 2 is 1.53 bits per heavy atom. The molecule has 1 saturated carbocycles. The first kappa shape index (κ1) is 21.0. The molecule has 5 rings (SSSR count). The Bertz CT molecular complexity index is 1070. The fraction of sp³-hybridized carbons (Fsp3) is 0.333. The van der Waals surface area contributed by atoms with Gasteiger partial charge in [-0.1, -0.05) is 85.1 Å². The number of ether oxygens (including phenoxy) is 1. The van der Waals surface area contributed by atoms with Crippen LogP contribution < -0.4 is 4.74 Å². The van der Waals surface area contributed by atoms with Gasteiger partial charge >= 0.3 is 0 Å². The van der Waals surface area contributed by atoms with Crippen molar-refractivity contribution in [2.45, 2.75) is 45.2 Å². The summed E-state index contributed by atoms with van der Waals surface area (Å²) >= 11 is 0. The lowest BCUT2D eigenvalue weighted by molar-refractivity contribution is 0.177. The van der Waals surface area contributed by atoms with Gasteiger partial charge in [-0.3, -0.25) is 4.90 Å². The van der Waals surface area contributed by atoms with Crippen molar-refractivity contribution in [2.24, 2.45) is 5.92 Å². The van der Waals surface area contributed by atoms with E-state index < -0.39 is 0 Å². The lowest BCUT2D eigenvalue weighted by Crippen LogP contribution is -2.34. The maximum Gasteiger partial charge on any atom is 0.118 e. The summed E-state index contributed by atoms with van der Waals surface area (Å²) in [5.74, 6) is 1.56. The first-order chi connectivity index (χ1) is 15.7. The molecule has 0 amide bonds. The number of nitrogens with zero attached hydrogens (tertiary/aromatic N) is 1.